The van der Waals surface area contributed by atoms with E-state index >= 15 is 0 Å². The summed E-state index contributed by atoms with van der Waals surface area (Å²) in [7, 11) is 3.46. The maximum absolute atomic E-state index is 12.3. The first-order valence-corrected chi connectivity index (χ1v) is 8.34. The Bertz CT molecular complexity index is 536. The smallest absolute Gasteiger partial charge is 0.319 e. The van der Waals surface area contributed by atoms with Crippen LogP contribution >= 0.6 is 0 Å². The van der Waals surface area contributed by atoms with Crippen molar-refractivity contribution in [1.82, 2.24) is 20.1 Å². The quantitative estimate of drug-likeness (QED) is 0.797. The van der Waals surface area contributed by atoms with Gasteiger partial charge < -0.3 is 19.9 Å². The fraction of sp³-hybridized carbons (Fsp3) is 0.588. The summed E-state index contributed by atoms with van der Waals surface area (Å²) in [4.78, 5) is 31.5. The number of pyridine rings is 1. The van der Waals surface area contributed by atoms with Gasteiger partial charge in [-0.05, 0) is 31.4 Å². The Balaban J connectivity index is 1.65. The van der Waals surface area contributed by atoms with Crippen molar-refractivity contribution in [2.45, 2.75) is 19.3 Å². The molecular weight excluding hydrogens is 308 g/mol. The number of nitrogens with zero attached hydrogens (tertiary/aromatic N) is 3. The summed E-state index contributed by atoms with van der Waals surface area (Å²) >= 11 is 0. The first-order chi connectivity index (χ1) is 11.6. The molecule has 24 heavy (non-hydrogen) atoms. The minimum Gasteiger partial charge on any atom is -0.492 e. The highest BCUT2D eigenvalue weighted by Gasteiger charge is 2.28. The van der Waals surface area contributed by atoms with Gasteiger partial charge in [0.25, 0.3) is 0 Å². The number of amides is 3. The Morgan fingerprint density at radius 2 is 2.29 bits per heavy atom. The van der Waals surface area contributed by atoms with Crippen molar-refractivity contribution in [3.05, 3.63) is 24.5 Å². The lowest BCUT2D eigenvalue weighted by Gasteiger charge is -2.33. The fourth-order valence-electron chi connectivity index (χ4n) is 2.70. The monoisotopic (exact) mass is 334 g/mol. The summed E-state index contributed by atoms with van der Waals surface area (Å²) in [6.45, 7) is 2.31. The number of urea groups is 1. The molecule has 3 amide bonds. The third-order valence-electron chi connectivity index (χ3n) is 3.97. The molecule has 0 aromatic carbocycles. The summed E-state index contributed by atoms with van der Waals surface area (Å²) in [5.74, 6) is 0.628. The van der Waals surface area contributed by atoms with Gasteiger partial charge in [-0.2, -0.15) is 0 Å². The predicted octanol–water partition coefficient (Wildman–Crippen LogP) is 1.36. The molecule has 0 bridgehead atoms. The molecule has 0 saturated carbocycles. The zero-order valence-corrected chi connectivity index (χ0v) is 14.4. The number of nitrogens with one attached hydrogen (secondary N) is 1. The summed E-state index contributed by atoms with van der Waals surface area (Å²) in [6.07, 6.45) is 5.78. The van der Waals surface area contributed by atoms with E-state index in [0.29, 0.717) is 19.7 Å². The molecule has 1 aliphatic rings. The molecule has 1 N–H and O–H groups in total. The van der Waals surface area contributed by atoms with Gasteiger partial charge >= 0.3 is 6.03 Å². The molecule has 0 unspecified atom stereocenters. The van der Waals surface area contributed by atoms with Crippen molar-refractivity contribution < 1.29 is 14.3 Å². The number of hydrogen-bond donors (Lipinski definition) is 1. The molecule has 1 saturated heterocycles. The van der Waals surface area contributed by atoms with Gasteiger partial charge in [0, 0.05) is 39.9 Å². The normalized spacial score (nSPS) is 17.2. The molecule has 7 nitrogen and oxygen atoms in total. The first-order valence-electron chi connectivity index (χ1n) is 8.34. The van der Waals surface area contributed by atoms with E-state index < -0.39 is 0 Å². The number of rotatable bonds is 6. The number of carbonyl (C=O) groups is 2. The SMILES string of the molecule is CN(C)C(=O)N1CCC[C@@H](C(=O)NCCCOc2cccnc2)C1. The largest absolute Gasteiger partial charge is 0.492 e. The van der Waals surface area contributed by atoms with Gasteiger partial charge in [-0.1, -0.05) is 0 Å². The molecule has 0 aliphatic carbocycles. The van der Waals surface area contributed by atoms with E-state index in [2.05, 4.69) is 10.3 Å². The molecule has 0 spiro atoms. The highest BCUT2D eigenvalue weighted by atomic mass is 16.5. The second kappa shape index (κ2) is 9.10. The number of hydrogen-bond acceptors (Lipinski definition) is 4. The van der Waals surface area contributed by atoms with Gasteiger partial charge in [0.2, 0.25) is 5.91 Å². The van der Waals surface area contributed by atoms with Gasteiger partial charge in [-0.25, -0.2) is 4.79 Å². The zero-order chi connectivity index (χ0) is 17.4. The molecule has 132 valence electrons. The van der Waals surface area contributed by atoms with Crippen LogP contribution in [0.3, 0.4) is 0 Å². The summed E-state index contributed by atoms with van der Waals surface area (Å²) < 4.78 is 5.54. The topological polar surface area (TPSA) is 74.8 Å². The molecule has 1 aliphatic heterocycles. The third-order valence-corrected chi connectivity index (χ3v) is 3.97. The van der Waals surface area contributed by atoms with E-state index in [1.807, 2.05) is 12.1 Å². The van der Waals surface area contributed by atoms with E-state index in [0.717, 1.165) is 31.6 Å². The standard InChI is InChI=1S/C17H26N4O3/c1-20(2)17(23)21-10-4-6-14(13-21)16(22)19-9-5-11-24-15-7-3-8-18-12-15/h3,7-8,12,14H,4-6,9-11,13H2,1-2H3,(H,19,22)/t14-/m1/s1. The highest BCUT2D eigenvalue weighted by Crippen LogP contribution is 2.17. The number of likely N-dealkylation sites (tertiary alicyclic amines) is 1. The van der Waals surface area contributed by atoms with E-state index in [1.54, 1.807) is 36.3 Å². The van der Waals surface area contributed by atoms with Gasteiger partial charge in [-0.3, -0.25) is 9.78 Å². The van der Waals surface area contributed by atoms with Crippen LogP contribution in [0.4, 0.5) is 4.79 Å². The number of carbonyl (C=O) groups excluding carboxylic acids is 2. The lowest BCUT2D eigenvalue weighted by atomic mass is 9.97. The molecule has 2 heterocycles. The minimum atomic E-state index is -0.123. The molecule has 1 fully saturated rings. The van der Waals surface area contributed by atoms with Crippen molar-refractivity contribution in [3.63, 3.8) is 0 Å². The molecule has 7 heteroatoms. The average Bonchev–Trinajstić information content (AvgIpc) is 2.61. The molecular formula is C17H26N4O3. The van der Waals surface area contributed by atoms with Crippen LogP contribution in [0.1, 0.15) is 19.3 Å². The maximum Gasteiger partial charge on any atom is 0.319 e. The van der Waals surface area contributed by atoms with Gasteiger partial charge in [0.15, 0.2) is 0 Å². The van der Waals surface area contributed by atoms with Crippen molar-refractivity contribution in [3.8, 4) is 5.75 Å². The van der Waals surface area contributed by atoms with Gasteiger partial charge in [0.05, 0.1) is 18.7 Å². The maximum atomic E-state index is 12.3. The van der Waals surface area contributed by atoms with Crippen molar-refractivity contribution >= 4 is 11.9 Å². The van der Waals surface area contributed by atoms with Crippen LogP contribution in [0.25, 0.3) is 0 Å². The van der Waals surface area contributed by atoms with Gasteiger partial charge in [0.1, 0.15) is 5.75 Å². The molecule has 2 rings (SSSR count). The van der Waals surface area contributed by atoms with Crippen molar-refractivity contribution in [2.24, 2.45) is 5.92 Å². The van der Waals surface area contributed by atoms with Gasteiger partial charge in [-0.15, -0.1) is 0 Å². The van der Waals surface area contributed by atoms with E-state index in [1.165, 1.54) is 0 Å². The second-order valence-electron chi connectivity index (χ2n) is 6.14. The highest BCUT2D eigenvalue weighted by molar-refractivity contribution is 5.80. The molecule has 1 aromatic heterocycles. The van der Waals surface area contributed by atoms with E-state index in [9.17, 15) is 9.59 Å². The number of aromatic nitrogens is 1. The summed E-state index contributed by atoms with van der Waals surface area (Å²) in [6, 6.07) is 3.64. The minimum absolute atomic E-state index is 0.0210. The van der Waals surface area contributed by atoms with Crippen LogP contribution in [-0.2, 0) is 4.79 Å². The van der Waals surface area contributed by atoms with E-state index in [4.69, 9.17) is 4.74 Å². The third kappa shape index (κ3) is 5.40. The number of ether oxygens (including phenoxy) is 1. The Hall–Kier alpha value is -2.31. The lowest BCUT2D eigenvalue weighted by Crippen LogP contribution is -2.48. The van der Waals surface area contributed by atoms with Crippen LogP contribution in [-0.4, -0.2) is 67.1 Å². The first kappa shape index (κ1) is 18.0. The Morgan fingerprint density at radius 3 is 3.00 bits per heavy atom. The number of piperidine rings is 1. The average molecular weight is 334 g/mol. The van der Waals surface area contributed by atoms with Crippen LogP contribution in [0.15, 0.2) is 24.5 Å². The Morgan fingerprint density at radius 1 is 1.46 bits per heavy atom. The molecule has 1 atom stereocenters. The van der Waals surface area contributed by atoms with Crippen LogP contribution in [0, 0.1) is 5.92 Å². The predicted molar refractivity (Wildman–Crippen MR) is 90.7 cm³/mol. The van der Waals surface area contributed by atoms with Crippen LogP contribution in [0.2, 0.25) is 0 Å². The second-order valence-corrected chi connectivity index (χ2v) is 6.14. The van der Waals surface area contributed by atoms with Crippen molar-refractivity contribution in [1.29, 1.82) is 0 Å². The zero-order valence-electron chi connectivity index (χ0n) is 14.4. The Kier molecular flexibility index (Phi) is 6.84. The van der Waals surface area contributed by atoms with Crippen LogP contribution < -0.4 is 10.1 Å². The molecule has 1 aromatic rings. The fourth-order valence-corrected chi connectivity index (χ4v) is 2.70. The summed E-state index contributed by atoms with van der Waals surface area (Å²) in [5, 5.41) is 2.94. The Labute approximate surface area is 143 Å². The summed E-state index contributed by atoms with van der Waals surface area (Å²) in [5.41, 5.74) is 0. The van der Waals surface area contributed by atoms with E-state index in [-0.39, 0.29) is 17.9 Å². The molecule has 0 radical (unpaired) electrons. The van der Waals surface area contributed by atoms with Crippen molar-refractivity contribution in [2.75, 3.05) is 40.3 Å². The van der Waals surface area contributed by atoms with Crippen LogP contribution in [0.5, 0.6) is 5.75 Å². The lowest BCUT2D eigenvalue weighted by molar-refractivity contribution is -0.126.